The molecule has 1 aromatic rings. The van der Waals surface area contributed by atoms with Crippen LogP contribution in [0.5, 0.6) is 0 Å². The number of aliphatic imine (C=N–C) groups is 1. The normalized spacial score (nSPS) is 18.6. The van der Waals surface area contributed by atoms with Gasteiger partial charge in [-0.15, -0.1) is 0 Å². The summed E-state index contributed by atoms with van der Waals surface area (Å²) in [7, 11) is 0. The lowest BCUT2D eigenvalue weighted by Crippen LogP contribution is -2.43. The van der Waals surface area contributed by atoms with Gasteiger partial charge in [-0.1, -0.05) is 36.8 Å². The van der Waals surface area contributed by atoms with E-state index in [0.29, 0.717) is 6.04 Å². The van der Waals surface area contributed by atoms with Gasteiger partial charge in [0, 0.05) is 25.7 Å². The molecule has 0 radical (unpaired) electrons. The highest BCUT2D eigenvalue weighted by molar-refractivity contribution is 5.80. The SMILES string of the molecule is CCNC(=NCC(c1cccc(C)c1)N1CCOCC1)NC(C)CC. The summed E-state index contributed by atoms with van der Waals surface area (Å²) in [6.07, 6.45) is 1.08. The monoisotopic (exact) mass is 346 g/mol. The van der Waals surface area contributed by atoms with Crippen molar-refractivity contribution in [1.82, 2.24) is 15.5 Å². The van der Waals surface area contributed by atoms with Gasteiger partial charge in [-0.2, -0.15) is 0 Å². The molecule has 2 rings (SSSR count). The first kappa shape index (κ1) is 19.7. The largest absolute Gasteiger partial charge is 0.379 e. The van der Waals surface area contributed by atoms with E-state index < -0.39 is 0 Å². The lowest BCUT2D eigenvalue weighted by atomic mass is 10.0. The Kier molecular flexibility index (Phi) is 8.22. The summed E-state index contributed by atoms with van der Waals surface area (Å²) < 4.78 is 5.54. The topological polar surface area (TPSA) is 48.9 Å². The van der Waals surface area contributed by atoms with E-state index in [1.807, 2.05) is 0 Å². The number of nitrogens with zero attached hydrogens (tertiary/aromatic N) is 2. The molecule has 0 amide bonds. The Bertz CT molecular complexity index is 540. The third-order valence-electron chi connectivity index (χ3n) is 4.68. The third-order valence-corrected chi connectivity index (χ3v) is 4.68. The second-order valence-corrected chi connectivity index (χ2v) is 6.75. The van der Waals surface area contributed by atoms with Crippen LogP contribution in [0.3, 0.4) is 0 Å². The Balaban J connectivity index is 2.17. The first-order chi connectivity index (χ1) is 12.1. The van der Waals surface area contributed by atoms with Crippen LogP contribution in [0, 0.1) is 6.92 Å². The molecule has 1 aliphatic rings. The van der Waals surface area contributed by atoms with Crippen LogP contribution in [-0.2, 0) is 4.74 Å². The Morgan fingerprint density at radius 1 is 1.28 bits per heavy atom. The number of benzene rings is 1. The lowest BCUT2D eigenvalue weighted by Gasteiger charge is -2.34. The van der Waals surface area contributed by atoms with E-state index in [9.17, 15) is 0 Å². The van der Waals surface area contributed by atoms with E-state index >= 15 is 0 Å². The van der Waals surface area contributed by atoms with Gasteiger partial charge in [-0.3, -0.25) is 9.89 Å². The molecule has 0 bridgehead atoms. The molecule has 1 heterocycles. The first-order valence-corrected chi connectivity index (χ1v) is 9.57. The van der Waals surface area contributed by atoms with E-state index in [2.05, 4.69) is 67.5 Å². The summed E-state index contributed by atoms with van der Waals surface area (Å²) in [5, 5.41) is 6.85. The van der Waals surface area contributed by atoms with Gasteiger partial charge in [0.25, 0.3) is 0 Å². The predicted octanol–water partition coefficient (Wildman–Crippen LogP) is 2.72. The molecule has 0 aromatic heterocycles. The number of aryl methyl sites for hydroxylation is 1. The highest BCUT2D eigenvalue weighted by atomic mass is 16.5. The Labute approximate surface area is 152 Å². The van der Waals surface area contributed by atoms with Gasteiger partial charge in [-0.25, -0.2) is 0 Å². The molecule has 140 valence electrons. The van der Waals surface area contributed by atoms with Gasteiger partial charge in [0.15, 0.2) is 5.96 Å². The molecular formula is C20H34N4O. The zero-order chi connectivity index (χ0) is 18.1. The highest BCUT2D eigenvalue weighted by Crippen LogP contribution is 2.23. The van der Waals surface area contributed by atoms with Crippen molar-refractivity contribution in [2.75, 3.05) is 39.4 Å². The molecule has 1 saturated heterocycles. The second-order valence-electron chi connectivity index (χ2n) is 6.75. The molecule has 1 aliphatic heterocycles. The van der Waals surface area contributed by atoms with Crippen LogP contribution < -0.4 is 10.6 Å². The fourth-order valence-electron chi connectivity index (χ4n) is 3.03. The number of hydrogen-bond acceptors (Lipinski definition) is 3. The maximum atomic E-state index is 5.54. The summed E-state index contributed by atoms with van der Waals surface area (Å²) in [6, 6.07) is 9.50. The zero-order valence-electron chi connectivity index (χ0n) is 16.2. The standard InChI is InChI=1S/C20H34N4O/c1-5-17(4)23-20(21-6-2)22-15-19(24-10-12-25-13-11-24)18-9-7-8-16(3)14-18/h7-9,14,17,19H,5-6,10-13,15H2,1-4H3,(H2,21,22,23). The summed E-state index contributed by atoms with van der Waals surface area (Å²) >= 11 is 0. The third kappa shape index (κ3) is 6.33. The molecule has 1 aromatic carbocycles. The number of nitrogens with one attached hydrogen (secondary N) is 2. The molecular weight excluding hydrogens is 312 g/mol. The molecule has 25 heavy (non-hydrogen) atoms. The van der Waals surface area contributed by atoms with Crippen molar-refractivity contribution in [3.8, 4) is 0 Å². The quantitative estimate of drug-likeness (QED) is 0.589. The number of guanidine groups is 1. The molecule has 2 N–H and O–H groups in total. The molecule has 0 aliphatic carbocycles. The summed E-state index contributed by atoms with van der Waals surface area (Å²) in [5.74, 6) is 0.905. The minimum Gasteiger partial charge on any atom is -0.379 e. The van der Waals surface area contributed by atoms with Crippen LogP contribution in [-0.4, -0.2) is 56.3 Å². The minimum atomic E-state index is 0.288. The second kappa shape index (κ2) is 10.4. The van der Waals surface area contributed by atoms with Gasteiger partial charge >= 0.3 is 0 Å². The number of morpholine rings is 1. The van der Waals surface area contributed by atoms with Crippen LogP contribution in [0.4, 0.5) is 0 Å². The van der Waals surface area contributed by atoms with Crippen molar-refractivity contribution in [2.45, 2.75) is 46.2 Å². The van der Waals surface area contributed by atoms with Gasteiger partial charge in [-0.05, 0) is 32.8 Å². The molecule has 1 fully saturated rings. The summed E-state index contributed by atoms with van der Waals surface area (Å²) in [5.41, 5.74) is 2.63. The van der Waals surface area contributed by atoms with Crippen molar-refractivity contribution in [3.05, 3.63) is 35.4 Å². The van der Waals surface area contributed by atoms with Crippen molar-refractivity contribution < 1.29 is 4.74 Å². The van der Waals surface area contributed by atoms with Gasteiger partial charge in [0.05, 0.1) is 25.8 Å². The fourth-order valence-corrected chi connectivity index (χ4v) is 3.03. The van der Waals surface area contributed by atoms with Crippen molar-refractivity contribution >= 4 is 5.96 Å². The molecule has 2 unspecified atom stereocenters. The van der Waals surface area contributed by atoms with E-state index in [1.165, 1.54) is 11.1 Å². The van der Waals surface area contributed by atoms with Crippen molar-refractivity contribution in [2.24, 2.45) is 4.99 Å². The Morgan fingerprint density at radius 3 is 2.68 bits per heavy atom. The zero-order valence-corrected chi connectivity index (χ0v) is 16.2. The minimum absolute atomic E-state index is 0.288. The average molecular weight is 347 g/mol. The van der Waals surface area contributed by atoms with Crippen molar-refractivity contribution in [3.63, 3.8) is 0 Å². The molecule has 0 saturated carbocycles. The first-order valence-electron chi connectivity index (χ1n) is 9.57. The summed E-state index contributed by atoms with van der Waals surface area (Å²) in [6.45, 7) is 13.8. The van der Waals surface area contributed by atoms with E-state index in [0.717, 1.165) is 51.8 Å². The van der Waals surface area contributed by atoms with E-state index in [-0.39, 0.29) is 6.04 Å². The van der Waals surface area contributed by atoms with E-state index in [4.69, 9.17) is 9.73 Å². The number of rotatable bonds is 7. The van der Waals surface area contributed by atoms with Crippen LogP contribution in [0.25, 0.3) is 0 Å². The van der Waals surface area contributed by atoms with Gasteiger partial charge in [0.1, 0.15) is 0 Å². The van der Waals surface area contributed by atoms with Crippen LogP contribution >= 0.6 is 0 Å². The number of ether oxygens (including phenoxy) is 1. The molecule has 5 nitrogen and oxygen atoms in total. The Hall–Kier alpha value is -1.59. The maximum absolute atomic E-state index is 5.54. The van der Waals surface area contributed by atoms with Crippen LogP contribution in [0.1, 0.15) is 44.4 Å². The van der Waals surface area contributed by atoms with Gasteiger partial charge < -0.3 is 15.4 Å². The molecule has 0 spiro atoms. The van der Waals surface area contributed by atoms with E-state index in [1.54, 1.807) is 0 Å². The molecule has 2 atom stereocenters. The molecule has 5 heteroatoms. The maximum Gasteiger partial charge on any atom is 0.191 e. The van der Waals surface area contributed by atoms with Crippen LogP contribution in [0.15, 0.2) is 29.3 Å². The lowest BCUT2D eigenvalue weighted by molar-refractivity contribution is 0.0179. The van der Waals surface area contributed by atoms with Gasteiger partial charge in [0.2, 0.25) is 0 Å². The number of hydrogen-bond donors (Lipinski definition) is 2. The predicted molar refractivity (Wildman–Crippen MR) is 105 cm³/mol. The van der Waals surface area contributed by atoms with Crippen LogP contribution in [0.2, 0.25) is 0 Å². The smallest absolute Gasteiger partial charge is 0.191 e. The summed E-state index contributed by atoms with van der Waals surface area (Å²) in [4.78, 5) is 7.39. The average Bonchev–Trinajstić information content (AvgIpc) is 2.63. The van der Waals surface area contributed by atoms with Crippen molar-refractivity contribution in [1.29, 1.82) is 0 Å². The Morgan fingerprint density at radius 2 is 2.04 bits per heavy atom. The highest BCUT2D eigenvalue weighted by Gasteiger charge is 2.22. The fraction of sp³-hybridized carbons (Fsp3) is 0.650.